The van der Waals surface area contributed by atoms with Gasteiger partial charge in [-0.2, -0.15) is 0 Å². The number of hydrogen-bond donors (Lipinski definition) is 2. The molecule has 0 aromatic carbocycles. The Kier molecular flexibility index (Phi) is 4.39. The Morgan fingerprint density at radius 2 is 1.84 bits per heavy atom. The van der Waals surface area contributed by atoms with E-state index >= 15 is 0 Å². The molecule has 7 heteroatoms. The molecule has 1 amide bonds. The van der Waals surface area contributed by atoms with Crippen molar-refractivity contribution < 1.29 is 29.3 Å². The number of carbonyl (C=O) groups is 3. The quantitative estimate of drug-likeness (QED) is 0.748. The third kappa shape index (κ3) is 4.42. The number of aliphatic carboxylic acids is 1. The van der Waals surface area contributed by atoms with E-state index in [9.17, 15) is 14.4 Å². The summed E-state index contributed by atoms with van der Waals surface area (Å²) in [4.78, 5) is 34.4. The molecule has 108 valence electrons. The summed E-state index contributed by atoms with van der Waals surface area (Å²) in [5.74, 6) is -1.94. The van der Waals surface area contributed by atoms with E-state index in [0.717, 1.165) is 4.90 Å². The van der Waals surface area contributed by atoms with Gasteiger partial charge in [0.25, 0.3) is 0 Å². The van der Waals surface area contributed by atoms with E-state index < -0.39 is 29.7 Å². The highest BCUT2D eigenvalue weighted by Crippen LogP contribution is 2.27. The molecule has 7 nitrogen and oxygen atoms in total. The predicted molar refractivity (Wildman–Crippen MR) is 64.7 cm³/mol. The largest absolute Gasteiger partial charge is 0.480 e. The number of likely N-dealkylation sites (tertiary alicyclic amines) is 1. The minimum atomic E-state index is -1.28. The van der Waals surface area contributed by atoms with Crippen LogP contribution in [-0.2, 0) is 14.3 Å². The number of carbonyl (C=O) groups excluding carboxylic acids is 1. The Balaban J connectivity index is 2.61. The fourth-order valence-electron chi connectivity index (χ4n) is 2.14. The van der Waals surface area contributed by atoms with Crippen molar-refractivity contribution >= 4 is 18.0 Å². The minimum absolute atomic E-state index is 0.0326. The van der Waals surface area contributed by atoms with E-state index in [4.69, 9.17) is 14.9 Å². The van der Waals surface area contributed by atoms with Gasteiger partial charge in [-0.05, 0) is 33.1 Å². The van der Waals surface area contributed by atoms with Crippen LogP contribution < -0.4 is 0 Å². The zero-order valence-electron chi connectivity index (χ0n) is 11.3. The average Bonchev–Trinajstić information content (AvgIpc) is 2.58. The summed E-state index contributed by atoms with van der Waals surface area (Å²) in [7, 11) is 0. The lowest BCUT2D eigenvalue weighted by Gasteiger charge is -2.20. The second-order valence-electron chi connectivity index (χ2n) is 5.68. The molecule has 2 unspecified atom stereocenters. The Morgan fingerprint density at radius 1 is 1.26 bits per heavy atom. The highest BCUT2D eigenvalue weighted by atomic mass is 16.6. The van der Waals surface area contributed by atoms with Crippen molar-refractivity contribution in [3.05, 3.63) is 0 Å². The summed E-state index contributed by atoms with van der Waals surface area (Å²) in [6, 6.07) is -1.08. The fraction of sp³-hybridized carbons (Fsp3) is 0.750. The number of carboxylic acids is 1. The highest BCUT2D eigenvalue weighted by molar-refractivity contribution is 5.80. The van der Waals surface area contributed by atoms with E-state index in [-0.39, 0.29) is 25.3 Å². The number of ether oxygens (including phenoxy) is 1. The molecular formula is C12H19NO6. The van der Waals surface area contributed by atoms with E-state index in [1.807, 2.05) is 0 Å². The monoisotopic (exact) mass is 273 g/mol. The third-order valence-corrected chi connectivity index (χ3v) is 2.79. The predicted octanol–water partition coefficient (Wildman–Crippen LogP) is 1.17. The number of rotatable bonds is 3. The molecule has 0 aromatic heterocycles. The van der Waals surface area contributed by atoms with Crippen LogP contribution in [0.3, 0.4) is 0 Å². The van der Waals surface area contributed by atoms with Gasteiger partial charge in [-0.3, -0.25) is 9.69 Å². The maximum Gasteiger partial charge on any atom is 0.408 e. The van der Waals surface area contributed by atoms with E-state index in [1.54, 1.807) is 20.8 Å². The molecule has 0 saturated carbocycles. The van der Waals surface area contributed by atoms with Crippen LogP contribution in [0.4, 0.5) is 4.79 Å². The molecule has 19 heavy (non-hydrogen) atoms. The van der Waals surface area contributed by atoms with Gasteiger partial charge in [-0.1, -0.05) is 0 Å². The molecule has 2 atom stereocenters. The first-order valence-corrected chi connectivity index (χ1v) is 6.04. The van der Waals surface area contributed by atoms with Gasteiger partial charge in [0.05, 0.1) is 6.42 Å². The first kappa shape index (κ1) is 15.3. The highest BCUT2D eigenvalue weighted by Gasteiger charge is 2.40. The van der Waals surface area contributed by atoms with Gasteiger partial charge in [0, 0.05) is 6.54 Å². The van der Waals surface area contributed by atoms with Gasteiger partial charge in [0.15, 0.2) is 0 Å². The number of amides is 1. The Hall–Kier alpha value is -1.79. The van der Waals surface area contributed by atoms with Crippen molar-refractivity contribution in [2.75, 3.05) is 6.54 Å². The maximum atomic E-state index is 11.6. The molecule has 2 N–H and O–H groups in total. The Morgan fingerprint density at radius 3 is 2.21 bits per heavy atom. The minimum Gasteiger partial charge on any atom is -0.480 e. The lowest BCUT2D eigenvalue weighted by molar-refractivity contribution is -0.156. The van der Waals surface area contributed by atoms with E-state index in [1.165, 1.54) is 0 Å². The Bertz CT molecular complexity index is 364. The van der Waals surface area contributed by atoms with Crippen molar-refractivity contribution in [1.82, 2.24) is 4.90 Å². The zero-order valence-corrected chi connectivity index (χ0v) is 11.3. The van der Waals surface area contributed by atoms with Crippen molar-refractivity contribution in [2.24, 2.45) is 5.92 Å². The molecule has 1 fully saturated rings. The first-order valence-electron chi connectivity index (χ1n) is 6.04. The van der Waals surface area contributed by atoms with Crippen LogP contribution in [0.25, 0.3) is 0 Å². The van der Waals surface area contributed by atoms with Crippen LogP contribution >= 0.6 is 0 Å². The molecule has 1 aliphatic heterocycles. The van der Waals surface area contributed by atoms with Gasteiger partial charge >= 0.3 is 18.0 Å². The second-order valence-corrected chi connectivity index (χ2v) is 5.68. The van der Waals surface area contributed by atoms with Gasteiger partial charge in [-0.25, -0.2) is 9.59 Å². The van der Waals surface area contributed by atoms with Crippen LogP contribution in [0.1, 0.15) is 33.6 Å². The van der Waals surface area contributed by atoms with Crippen molar-refractivity contribution in [3.63, 3.8) is 0 Å². The number of esters is 1. The molecule has 1 saturated heterocycles. The molecule has 0 spiro atoms. The average molecular weight is 273 g/mol. The summed E-state index contributed by atoms with van der Waals surface area (Å²) in [6.45, 7) is 5.26. The second kappa shape index (κ2) is 5.46. The van der Waals surface area contributed by atoms with Crippen LogP contribution in [0.2, 0.25) is 0 Å². The summed E-state index contributed by atoms with van der Waals surface area (Å²) < 4.78 is 5.14. The van der Waals surface area contributed by atoms with Gasteiger partial charge in [0.1, 0.15) is 11.6 Å². The molecule has 1 aliphatic rings. The Labute approximate surface area is 111 Å². The normalized spacial score (nSPS) is 23.2. The lowest BCUT2D eigenvalue weighted by Crippen LogP contribution is -2.39. The fourth-order valence-corrected chi connectivity index (χ4v) is 2.14. The number of carboxylic acid groups (broad SMARTS) is 2. The summed E-state index contributed by atoms with van der Waals surface area (Å²) in [6.07, 6.45) is -1.11. The molecular weight excluding hydrogens is 254 g/mol. The number of nitrogens with zero attached hydrogens (tertiary/aromatic N) is 1. The molecule has 0 aromatic rings. The van der Waals surface area contributed by atoms with Gasteiger partial charge in [-0.15, -0.1) is 0 Å². The first-order chi connectivity index (χ1) is 8.60. The van der Waals surface area contributed by atoms with E-state index in [2.05, 4.69) is 0 Å². The molecule has 0 radical (unpaired) electrons. The maximum absolute atomic E-state index is 11.6. The molecule has 0 bridgehead atoms. The summed E-state index contributed by atoms with van der Waals surface area (Å²) >= 11 is 0. The molecule has 1 heterocycles. The van der Waals surface area contributed by atoms with Crippen LogP contribution in [0, 0.1) is 5.92 Å². The van der Waals surface area contributed by atoms with Crippen molar-refractivity contribution in [1.29, 1.82) is 0 Å². The van der Waals surface area contributed by atoms with Crippen molar-refractivity contribution in [3.8, 4) is 0 Å². The zero-order chi connectivity index (χ0) is 14.8. The molecule has 1 rings (SSSR count). The van der Waals surface area contributed by atoms with Crippen LogP contribution in [0.5, 0.6) is 0 Å². The van der Waals surface area contributed by atoms with Crippen LogP contribution in [0.15, 0.2) is 0 Å². The topological polar surface area (TPSA) is 104 Å². The summed E-state index contributed by atoms with van der Waals surface area (Å²) in [5.41, 5.74) is -0.603. The van der Waals surface area contributed by atoms with Gasteiger partial charge in [0.2, 0.25) is 0 Å². The van der Waals surface area contributed by atoms with Gasteiger partial charge < -0.3 is 14.9 Å². The third-order valence-electron chi connectivity index (χ3n) is 2.79. The lowest BCUT2D eigenvalue weighted by atomic mass is 10.0. The number of hydrogen-bond acceptors (Lipinski definition) is 4. The standard InChI is InChI=1S/C12H19NO6/c1-12(2,3)19-9(14)5-7-4-8(10(15)16)13(6-7)11(17)18/h7-8H,4-6H2,1-3H3,(H,15,16)(H,17,18). The van der Waals surface area contributed by atoms with Crippen LogP contribution in [-0.4, -0.2) is 51.3 Å². The van der Waals surface area contributed by atoms with E-state index in [0.29, 0.717) is 0 Å². The smallest absolute Gasteiger partial charge is 0.408 e. The SMILES string of the molecule is CC(C)(C)OC(=O)CC1CC(C(=O)O)N(C(=O)O)C1. The molecule has 0 aliphatic carbocycles. The van der Waals surface area contributed by atoms with Crippen molar-refractivity contribution in [2.45, 2.75) is 45.3 Å². The summed E-state index contributed by atoms with van der Waals surface area (Å²) in [5, 5.41) is 17.9.